The molecule has 0 N–H and O–H groups in total. The molecule has 2 fully saturated rings. The van der Waals surface area contributed by atoms with Gasteiger partial charge in [0.1, 0.15) is 5.82 Å². The zero-order valence-corrected chi connectivity index (χ0v) is 20.4. The molecule has 32 heavy (non-hydrogen) atoms. The molecule has 0 radical (unpaired) electrons. The molecule has 0 spiro atoms. The van der Waals surface area contributed by atoms with Gasteiger partial charge in [0.2, 0.25) is 0 Å². The van der Waals surface area contributed by atoms with Crippen LogP contribution in [0.1, 0.15) is 120 Å². The number of hydrogen-bond donors (Lipinski definition) is 0. The number of unbranched alkanes of at least 4 members (excludes halogenated alkanes) is 2. The fourth-order valence-electron chi connectivity index (χ4n) is 6.33. The molecule has 0 amide bonds. The maximum absolute atomic E-state index is 15.1. The Balaban J connectivity index is 1.35. The van der Waals surface area contributed by atoms with Gasteiger partial charge in [-0.15, -0.1) is 0 Å². The van der Waals surface area contributed by atoms with Gasteiger partial charge in [0.05, 0.1) is 0 Å². The lowest BCUT2D eigenvalue weighted by Crippen LogP contribution is -2.13. The van der Waals surface area contributed by atoms with Crippen LogP contribution >= 0.6 is 0 Å². The lowest BCUT2D eigenvalue weighted by molar-refractivity contribution is 0.303. The molecule has 0 aromatic heterocycles. The molecule has 174 valence electrons. The van der Waals surface area contributed by atoms with Crippen molar-refractivity contribution in [3.8, 4) is 11.1 Å². The van der Waals surface area contributed by atoms with E-state index in [1.807, 2.05) is 12.1 Å². The van der Waals surface area contributed by atoms with E-state index < -0.39 is 0 Å². The van der Waals surface area contributed by atoms with Crippen LogP contribution < -0.4 is 0 Å². The van der Waals surface area contributed by atoms with Crippen LogP contribution in [-0.4, -0.2) is 0 Å². The maximum atomic E-state index is 15.1. The maximum Gasteiger partial charge on any atom is 0.131 e. The summed E-state index contributed by atoms with van der Waals surface area (Å²) < 4.78 is 15.1. The largest absolute Gasteiger partial charge is 0.206 e. The van der Waals surface area contributed by atoms with E-state index in [4.69, 9.17) is 0 Å². The molecule has 4 rings (SSSR count). The van der Waals surface area contributed by atoms with Crippen LogP contribution in [0.5, 0.6) is 0 Å². The lowest BCUT2D eigenvalue weighted by atomic mass is 9.76. The van der Waals surface area contributed by atoms with Crippen LogP contribution in [0.3, 0.4) is 0 Å². The standard InChI is InChI=1S/C31H43F/c1-3-5-6-7-24-10-14-25(15-11-24)26-16-18-28(19-17-26)30-21-20-29(22-31(30)32)27-12-8-23(4-2)9-13-27/h16-25,27H,3-15H2,1-2H3. The predicted molar refractivity (Wildman–Crippen MR) is 136 cm³/mol. The van der Waals surface area contributed by atoms with Gasteiger partial charge in [-0.2, -0.15) is 0 Å². The molecule has 0 aliphatic heterocycles. The van der Waals surface area contributed by atoms with Gasteiger partial charge in [0.15, 0.2) is 0 Å². The summed E-state index contributed by atoms with van der Waals surface area (Å²) in [4.78, 5) is 0. The van der Waals surface area contributed by atoms with Crippen molar-refractivity contribution in [3.63, 3.8) is 0 Å². The number of halogens is 1. The summed E-state index contributed by atoms with van der Waals surface area (Å²) >= 11 is 0. The smallest absolute Gasteiger partial charge is 0.131 e. The first kappa shape index (κ1) is 23.5. The second-order valence-corrected chi connectivity index (χ2v) is 10.7. The van der Waals surface area contributed by atoms with Gasteiger partial charge >= 0.3 is 0 Å². The summed E-state index contributed by atoms with van der Waals surface area (Å²) in [6, 6.07) is 14.8. The van der Waals surface area contributed by atoms with Crippen molar-refractivity contribution in [2.24, 2.45) is 11.8 Å². The van der Waals surface area contributed by atoms with Gasteiger partial charge in [0, 0.05) is 5.56 Å². The van der Waals surface area contributed by atoms with Crippen molar-refractivity contribution in [2.75, 3.05) is 0 Å². The molecular formula is C31H43F. The molecule has 0 atom stereocenters. The van der Waals surface area contributed by atoms with E-state index in [-0.39, 0.29) is 5.82 Å². The summed E-state index contributed by atoms with van der Waals surface area (Å²) in [5.74, 6) is 3.00. The van der Waals surface area contributed by atoms with E-state index in [0.717, 1.165) is 23.0 Å². The lowest BCUT2D eigenvalue weighted by Gasteiger charge is -2.29. The normalized spacial score (nSPS) is 26.2. The van der Waals surface area contributed by atoms with Crippen molar-refractivity contribution >= 4 is 0 Å². The summed E-state index contributed by atoms with van der Waals surface area (Å²) in [7, 11) is 0. The van der Waals surface area contributed by atoms with Gasteiger partial charge in [-0.25, -0.2) is 4.39 Å². The van der Waals surface area contributed by atoms with Crippen LogP contribution in [0.2, 0.25) is 0 Å². The third-order valence-electron chi connectivity index (χ3n) is 8.64. The van der Waals surface area contributed by atoms with Crippen molar-refractivity contribution in [1.29, 1.82) is 0 Å². The van der Waals surface area contributed by atoms with Crippen molar-refractivity contribution < 1.29 is 4.39 Å². The molecular weight excluding hydrogens is 391 g/mol. The van der Waals surface area contributed by atoms with E-state index in [9.17, 15) is 0 Å². The molecule has 0 unspecified atom stereocenters. The topological polar surface area (TPSA) is 0 Å². The first-order chi connectivity index (χ1) is 15.7. The third kappa shape index (κ3) is 5.83. The summed E-state index contributed by atoms with van der Waals surface area (Å²) in [6.45, 7) is 4.59. The third-order valence-corrected chi connectivity index (χ3v) is 8.64. The molecule has 2 aliphatic rings. The molecule has 0 bridgehead atoms. The van der Waals surface area contributed by atoms with Crippen molar-refractivity contribution in [3.05, 3.63) is 59.4 Å². The minimum absolute atomic E-state index is 0.0551. The highest BCUT2D eigenvalue weighted by Crippen LogP contribution is 2.40. The second-order valence-electron chi connectivity index (χ2n) is 10.7. The van der Waals surface area contributed by atoms with Gasteiger partial charge in [-0.1, -0.05) is 82.3 Å². The highest BCUT2D eigenvalue weighted by Gasteiger charge is 2.23. The minimum Gasteiger partial charge on any atom is -0.206 e. The minimum atomic E-state index is -0.0551. The summed E-state index contributed by atoms with van der Waals surface area (Å²) in [6.07, 6.45) is 17.3. The fourth-order valence-corrected chi connectivity index (χ4v) is 6.33. The molecule has 2 aliphatic carbocycles. The monoisotopic (exact) mass is 434 g/mol. The van der Waals surface area contributed by atoms with Gasteiger partial charge in [-0.3, -0.25) is 0 Å². The van der Waals surface area contributed by atoms with Crippen LogP contribution in [0, 0.1) is 17.7 Å². The highest BCUT2D eigenvalue weighted by atomic mass is 19.1. The number of rotatable bonds is 8. The van der Waals surface area contributed by atoms with Crippen molar-refractivity contribution in [1.82, 2.24) is 0 Å². The average Bonchev–Trinajstić information content (AvgIpc) is 2.85. The Labute approximate surface area is 196 Å². The van der Waals surface area contributed by atoms with Crippen LogP contribution in [0.15, 0.2) is 42.5 Å². The zero-order valence-electron chi connectivity index (χ0n) is 20.4. The Morgan fingerprint density at radius 2 is 1.28 bits per heavy atom. The second kappa shape index (κ2) is 11.5. The average molecular weight is 435 g/mol. The quantitative estimate of drug-likeness (QED) is 0.362. The van der Waals surface area contributed by atoms with E-state index >= 15 is 4.39 Å². The van der Waals surface area contributed by atoms with E-state index in [0.29, 0.717) is 11.8 Å². The molecule has 0 nitrogen and oxygen atoms in total. The molecule has 1 heteroatoms. The Kier molecular flexibility index (Phi) is 8.44. The molecule has 0 heterocycles. The fraction of sp³-hybridized carbons (Fsp3) is 0.613. The van der Waals surface area contributed by atoms with E-state index in [2.05, 4.69) is 44.2 Å². The van der Waals surface area contributed by atoms with Crippen LogP contribution in [0.25, 0.3) is 11.1 Å². The number of hydrogen-bond acceptors (Lipinski definition) is 0. The molecule has 2 saturated carbocycles. The van der Waals surface area contributed by atoms with E-state index in [1.54, 1.807) is 0 Å². The Hall–Kier alpha value is -1.63. The molecule has 0 saturated heterocycles. The van der Waals surface area contributed by atoms with E-state index in [1.165, 1.54) is 94.6 Å². The van der Waals surface area contributed by atoms with Gasteiger partial charge < -0.3 is 0 Å². The van der Waals surface area contributed by atoms with Crippen LogP contribution in [-0.2, 0) is 0 Å². The van der Waals surface area contributed by atoms with Gasteiger partial charge in [0.25, 0.3) is 0 Å². The zero-order chi connectivity index (χ0) is 22.3. The van der Waals surface area contributed by atoms with Gasteiger partial charge in [-0.05, 0) is 97.8 Å². The molecule has 2 aromatic rings. The van der Waals surface area contributed by atoms with Crippen molar-refractivity contribution in [2.45, 2.75) is 109 Å². The number of benzene rings is 2. The summed E-state index contributed by atoms with van der Waals surface area (Å²) in [5.41, 5.74) is 4.42. The Bertz CT molecular complexity index is 820. The predicted octanol–water partition coefficient (Wildman–Crippen LogP) is 10.0. The Morgan fingerprint density at radius 1 is 0.688 bits per heavy atom. The summed E-state index contributed by atoms with van der Waals surface area (Å²) in [5, 5.41) is 0. The first-order valence-electron chi connectivity index (χ1n) is 13.6. The van der Waals surface area contributed by atoms with Crippen LogP contribution in [0.4, 0.5) is 4.39 Å². The Morgan fingerprint density at radius 3 is 1.88 bits per heavy atom. The highest BCUT2D eigenvalue weighted by molar-refractivity contribution is 5.65. The first-order valence-corrected chi connectivity index (χ1v) is 13.6. The SMILES string of the molecule is CCCCCC1CCC(c2ccc(-c3ccc(C4CCC(CC)CC4)cc3F)cc2)CC1. The molecule has 2 aromatic carbocycles.